The van der Waals surface area contributed by atoms with Crippen LogP contribution in [0.5, 0.6) is 5.75 Å². The molecule has 3 aliphatic heterocycles. The van der Waals surface area contributed by atoms with Gasteiger partial charge in [-0.1, -0.05) is 19.9 Å². The Morgan fingerprint density at radius 1 is 1.00 bits per heavy atom. The lowest BCUT2D eigenvalue weighted by Crippen LogP contribution is -2.51. The Kier molecular flexibility index (Phi) is 10.5. The second-order valence-corrected chi connectivity index (χ2v) is 18.2. The third-order valence-electron chi connectivity index (χ3n) is 12.1. The van der Waals surface area contributed by atoms with Gasteiger partial charge in [0, 0.05) is 41.5 Å². The van der Waals surface area contributed by atoms with Crippen LogP contribution in [0, 0.1) is 11.7 Å². The van der Waals surface area contributed by atoms with E-state index in [-0.39, 0.29) is 29.5 Å². The highest BCUT2D eigenvalue weighted by molar-refractivity contribution is 7.12. The van der Waals surface area contributed by atoms with Crippen LogP contribution in [0.2, 0.25) is 0 Å². The van der Waals surface area contributed by atoms with Crippen LogP contribution in [0.15, 0.2) is 60.9 Å². The van der Waals surface area contributed by atoms with Crippen LogP contribution in [-0.2, 0) is 20.7 Å². The number of nitrogens with one attached hydrogen (secondary N) is 4. The summed E-state index contributed by atoms with van der Waals surface area (Å²) in [5.41, 5.74) is 4.77. The smallest absolute Gasteiger partial charge is 0.407 e. The van der Waals surface area contributed by atoms with Crippen LogP contribution in [0.1, 0.15) is 93.1 Å². The SMILES string of the molecule is COC(=O)NC(C(=O)N1CCCC1c1ncc(-c2cc(F)c3c(c2)OC(c2ccc(CC(C)(C)OC)s2)n2c-3cc3cc(-c4cnc(C5CCCN5)[nH]4)ccc32)[nH]1)C(C)C. The summed E-state index contributed by atoms with van der Waals surface area (Å²) in [6.45, 7) is 9.42. The molecular formula is C45H51FN8O5S. The Morgan fingerprint density at radius 3 is 2.53 bits per heavy atom. The summed E-state index contributed by atoms with van der Waals surface area (Å²) in [4.78, 5) is 46.1. The van der Waals surface area contributed by atoms with E-state index >= 15 is 4.39 Å². The molecule has 60 heavy (non-hydrogen) atoms. The first kappa shape index (κ1) is 39.9. The van der Waals surface area contributed by atoms with Crippen LogP contribution in [-0.4, -0.2) is 80.4 Å². The zero-order chi connectivity index (χ0) is 41.9. The minimum absolute atomic E-state index is 0.158. The van der Waals surface area contributed by atoms with Gasteiger partial charge < -0.3 is 39.7 Å². The van der Waals surface area contributed by atoms with E-state index in [4.69, 9.17) is 24.2 Å². The number of likely N-dealkylation sites (tertiary alicyclic amines) is 1. The van der Waals surface area contributed by atoms with E-state index in [0.717, 1.165) is 75.7 Å². The number of methoxy groups -OCH3 is 2. The zero-order valence-electron chi connectivity index (χ0n) is 34.7. The molecule has 0 spiro atoms. The van der Waals surface area contributed by atoms with Crippen LogP contribution >= 0.6 is 11.3 Å². The summed E-state index contributed by atoms with van der Waals surface area (Å²) < 4.78 is 36.3. The third kappa shape index (κ3) is 7.36. The largest absolute Gasteiger partial charge is 0.464 e. The third-order valence-corrected chi connectivity index (χ3v) is 13.3. The molecule has 0 aliphatic carbocycles. The number of carbonyl (C=O) groups is 2. The van der Waals surface area contributed by atoms with Gasteiger partial charge in [-0.3, -0.25) is 9.36 Å². The molecular weight excluding hydrogens is 784 g/mol. The molecule has 0 radical (unpaired) electrons. The highest BCUT2D eigenvalue weighted by Crippen LogP contribution is 2.48. The molecule has 9 rings (SSSR count). The maximum Gasteiger partial charge on any atom is 0.407 e. The molecule has 2 aromatic carbocycles. The second kappa shape index (κ2) is 15.8. The molecule has 7 heterocycles. The first-order valence-corrected chi connectivity index (χ1v) is 21.5. The Bertz CT molecular complexity index is 2570. The van der Waals surface area contributed by atoms with Crippen molar-refractivity contribution >= 4 is 34.2 Å². The number of fused-ring (bicyclic) bond motifs is 5. The number of rotatable bonds is 11. The van der Waals surface area contributed by atoms with Crippen molar-refractivity contribution in [3.05, 3.63) is 88.1 Å². The number of aromatic nitrogens is 5. The van der Waals surface area contributed by atoms with Gasteiger partial charge in [0.05, 0.1) is 70.2 Å². The molecule has 2 amide bonds. The highest BCUT2D eigenvalue weighted by atomic mass is 32.1. The number of nitrogens with zero attached hydrogens (tertiary/aromatic N) is 4. The molecule has 2 fully saturated rings. The number of benzene rings is 2. The Balaban J connectivity index is 1.07. The first-order valence-electron chi connectivity index (χ1n) is 20.7. The predicted octanol–water partition coefficient (Wildman–Crippen LogP) is 8.66. The molecule has 4 aromatic heterocycles. The number of hydrogen-bond donors (Lipinski definition) is 4. The number of ether oxygens (including phenoxy) is 3. The lowest BCUT2D eigenvalue weighted by Gasteiger charge is -2.30. The average Bonchev–Trinajstić information content (AvgIpc) is 4.09. The van der Waals surface area contributed by atoms with Crippen molar-refractivity contribution in [2.24, 2.45) is 5.92 Å². The number of halogens is 1. The number of alkyl carbamates (subject to hydrolysis) is 1. The number of aromatic amines is 2. The summed E-state index contributed by atoms with van der Waals surface area (Å²) in [5.74, 6) is 1.17. The molecule has 13 nitrogen and oxygen atoms in total. The maximum atomic E-state index is 16.8. The second-order valence-electron chi connectivity index (χ2n) is 17.0. The fourth-order valence-electron chi connectivity index (χ4n) is 8.82. The van der Waals surface area contributed by atoms with E-state index in [9.17, 15) is 9.59 Å². The molecule has 0 saturated carbocycles. The maximum absolute atomic E-state index is 16.8. The van der Waals surface area contributed by atoms with E-state index in [1.165, 1.54) is 13.2 Å². The molecule has 4 unspecified atom stereocenters. The van der Waals surface area contributed by atoms with E-state index < -0.39 is 24.2 Å². The van der Waals surface area contributed by atoms with Crippen LogP contribution < -0.4 is 15.4 Å². The van der Waals surface area contributed by atoms with Crippen molar-refractivity contribution in [3.8, 4) is 39.5 Å². The number of amides is 2. The zero-order valence-corrected chi connectivity index (χ0v) is 35.5. The van der Waals surface area contributed by atoms with Gasteiger partial charge in [0.2, 0.25) is 12.1 Å². The van der Waals surface area contributed by atoms with Gasteiger partial charge in [0.15, 0.2) is 0 Å². The first-order chi connectivity index (χ1) is 28.9. The van der Waals surface area contributed by atoms with Gasteiger partial charge in [0.1, 0.15) is 29.3 Å². The predicted molar refractivity (Wildman–Crippen MR) is 228 cm³/mol. The normalized spacial score (nSPS) is 19.4. The molecule has 15 heteroatoms. The quantitative estimate of drug-likeness (QED) is 0.101. The molecule has 2 saturated heterocycles. The Labute approximate surface area is 352 Å². The van der Waals surface area contributed by atoms with E-state index in [1.807, 2.05) is 32.2 Å². The summed E-state index contributed by atoms with van der Waals surface area (Å²) in [6, 6.07) is 15.1. The van der Waals surface area contributed by atoms with E-state index in [1.54, 1.807) is 29.5 Å². The minimum Gasteiger partial charge on any atom is -0.464 e. The van der Waals surface area contributed by atoms with Crippen molar-refractivity contribution < 1.29 is 28.2 Å². The van der Waals surface area contributed by atoms with Gasteiger partial charge >= 0.3 is 6.09 Å². The van der Waals surface area contributed by atoms with Crippen LogP contribution in [0.25, 0.3) is 44.7 Å². The van der Waals surface area contributed by atoms with Crippen molar-refractivity contribution in [1.82, 2.24) is 40.0 Å². The Hall–Kier alpha value is -5.51. The number of thiophene rings is 1. The summed E-state index contributed by atoms with van der Waals surface area (Å²) >= 11 is 1.66. The molecule has 6 aromatic rings. The minimum atomic E-state index is -0.752. The van der Waals surface area contributed by atoms with E-state index in [0.29, 0.717) is 41.4 Å². The van der Waals surface area contributed by atoms with Crippen molar-refractivity contribution in [2.45, 2.75) is 89.8 Å². The molecule has 4 N–H and O–H groups in total. The molecule has 314 valence electrons. The number of H-pyrrole nitrogens is 2. The fraction of sp³-hybridized carbons (Fsp3) is 0.422. The van der Waals surface area contributed by atoms with Gasteiger partial charge in [-0.15, -0.1) is 11.3 Å². The highest BCUT2D eigenvalue weighted by Gasteiger charge is 2.38. The van der Waals surface area contributed by atoms with Crippen molar-refractivity contribution in [3.63, 3.8) is 0 Å². The standard InChI is InChI=1S/C45H51FN8O5S/c1-24(2)39(52-44(56)57-5)42(55)53-16-8-10-34(53)41-49-23-32(51-41)26-18-29(46)38-35-19-27-17-25(31-22-48-40(50-31)30-9-7-15-47-30)11-13-33(27)54(35)43(59-36(38)20-26)37-14-12-28(60-37)21-45(3,4)58-6/h11-14,17-20,22-24,30,34,39,43,47H,7-10,15-16,21H2,1-6H3,(H,48,50)(H,49,51)(H,52,56). The van der Waals surface area contributed by atoms with E-state index in [2.05, 4.69) is 69.3 Å². The number of hydrogen-bond acceptors (Lipinski definition) is 9. The summed E-state index contributed by atoms with van der Waals surface area (Å²) in [6.07, 6.45) is 6.73. The topological polar surface area (TPSA) is 151 Å². The number of imidazole rings is 2. The Morgan fingerprint density at radius 2 is 1.78 bits per heavy atom. The molecule has 3 aliphatic rings. The summed E-state index contributed by atoms with van der Waals surface area (Å²) in [5, 5.41) is 7.16. The van der Waals surface area contributed by atoms with Crippen molar-refractivity contribution in [2.75, 3.05) is 27.3 Å². The fourth-order valence-corrected chi connectivity index (χ4v) is 10.1. The van der Waals surface area contributed by atoms with Gasteiger partial charge in [-0.05, 0) is 94.5 Å². The lowest BCUT2D eigenvalue weighted by molar-refractivity contribution is -0.135. The average molecular weight is 835 g/mol. The number of carbonyl (C=O) groups excluding carboxylic acids is 2. The van der Waals surface area contributed by atoms with Gasteiger partial charge in [-0.25, -0.2) is 19.2 Å². The lowest BCUT2D eigenvalue weighted by atomic mass is 10.0. The van der Waals surface area contributed by atoms with Gasteiger partial charge in [0.25, 0.3) is 0 Å². The molecule has 4 atom stereocenters. The summed E-state index contributed by atoms with van der Waals surface area (Å²) in [7, 11) is 3.00. The van der Waals surface area contributed by atoms with Crippen molar-refractivity contribution in [1.29, 1.82) is 0 Å². The molecule has 0 bridgehead atoms. The monoisotopic (exact) mass is 834 g/mol. The van der Waals surface area contributed by atoms with Crippen LogP contribution in [0.4, 0.5) is 9.18 Å². The van der Waals surface area contributed by atoms with Crippen LogP contribution in [0.3, 0.4) is 0 Å². The van der Waals surface area contributed by atoms with Gasteiger partial charge in [-0.2, -0.15) is 0 Å².